The summed E-state index contributed by atoms with van der Waals surface area (Å²) >= 11 is 1.24. The quantitative estimate of drug-likeness (QED) is 0.262. The monoisotopic (exact) mass is 438 g/mol. The zero-order valence-electron chi connectivity index (χ0n) is 17.2. The van der Waals surface area contributed by atoms with Gasteiger partial charge in [0.2, 0.25) is 22.7 Å². The Morgan fingerprint density at radius 1 is 0.933 bits per heavy atom. The summed E-state index contributed by atoms with van der Waals surface area (Å²) in [7, 11) is 4.60. The molecule has 11 heteroatoms. The van der Waals surface area contributed by atoms with Crippen LogP contribution >= 0.6 is 11.3 Å². The first-order valence-corrected chi connectivity index (χ1v) is 10.2. The number of unbranched alkanes of at least 4 members (excludes halogenated alkanes) is 3. The number of aromatic nitrogens is 2. The van der Waals surface area contributed by atoms with Gasteiger partial charge in [-0.2, -0.15) is 0 Å². The summed E-state index contributed by atoms with van der Waals surface area (Å²) in [4.78, 5) is 23.0. The van der Waals surface area contributed by atoms with Crippen LogP contribution in [0.25, 0.3) is 10.6 Å². The number of benzene rings is 1. The van der Waals surface area contributed by atoms with Gasteiger partial charge in [-0.1, -0.05) is 24.2 Å². The fourth-order valence-corrected chi connectivity index (χ4v) is 3.50. The third-order valence-corrected chi connectivity index (χ3v) is 5.15. The van der Waals surface area contributed by atoms with E-state index < -0.39 is 5.91 Å². The van der Waals surface area contributed by atoms with Crippen molar-refractivity contribution in [2.45, 2.75) is 38.5 Å². The second-order valence-electron chi connectivity index (χ2n) is 6.32. The van der Waals surface area contributed by atoms with Gasteiger partial charge >= 0.3 is 0 Å². The van der Waals surface area contributed by atoms with Gasteiger partial charge in [-0.3, -0.25) is 14.8 Å². The molecule has 0 bridgehead atoms. The number of ether oxygens (including phenoxy) is 3. The number of hydrogen-bond donors (Lipinski definition) is 3. The lowest BCUT2D eigenvalue weighted by molar-refractivity contribution is -0.129. The van der Waals surface area contributed by atoms with Gasteiger partial charge in [-0.05, 0) is 25.0 Å². The van der Waals surface area contributed by atoms with E-state index >= 15 is 0 Å². The van der Waals surface area contributed by atoms with Gasteiger partial charge in [-0.25, -0.2) is 5.48 Å². The standard InChI is InChI=1S/C19H26N4O6S/c1-27-13-10-12(11-14(28-2)17(13)29-3)18-21-22-19(30-18)20-15(24)8-6-4-5-7-9-16(25)23-26/h10-11,26H,4-9H2,1-3H3,(H,23,25)(H,20,22,24). The Morgan fingerprint density at radius 3 is 2.07 bits per heavy atom. The molecule has 0 atom stereocenters. The molecule has 0 saturated heterocycles. The van der Waals surface area contributed by atoms with E-state index in [1.165, 1.54) is 32.7 Å². The number of rotatable bonds is 12. The summed E-state index contributed by atoms with van der Waals surface area (Å²) in [5.74, 6) is 0.953. The topological polar surface area (TPSA) is 132 Å². The molecule has 0 saturated carbocycles. The summed E-state index contributed by atoms with van der Waals surface area (Å²) < 4.78 is 16.0. The molecular weight excluding hydrogens is 412 g/mol. The van der Waals surface area contributed by atoms with Crippen molar-refractivity contribution in [2.75, 3.05) is 26.6 Å². The number of carbonyl (C=O) groups excluding carboxylic acids is 2. The van der Waals surface area contributed by atoms with Crippen molar-refractivity contribution in [3.8, 4) is 27.8 Å². The van der Waals surface area contributed by atoms with Crippen LogP contribution in [0.2, 0.25) is 0 Å². The Morgan fingerprint density at radius 2 is 1.53 bits per heavy atom. The normalized spacial score (nSPS) is 10.4. The second kappa shape index (κ2) is 11.9. The van der Waals surface area contributed by atoms with Crippen LogP contribution < -0.4 is 25.0 Å². The molecule has 2 amide bonds. The van der Waals surface area contributed by atoms with Crippen LogP contribution in [0.5, 0.6) is 17.2 Å². The summed E-state index contributed by atoms with van der Waals surface area (Å²) in [5, 5.41) is 20.3. The molecular formula is C19H26N4O6S. The maximum atomic E-state index is 12.1. The second-order valence-corrected chi connectivity index (χ2v) is 7.30. The van der Waals surface area contributed by atoms with Crippen molar-refractivity contribution in [2.24, 2.45) is 0 Å². The Balaban J connectivity index is 1.89. The molecule has 0 aliphatic heterocycles. The average molecular weight is 439 g/mol. The van der Waals surface area contributed by atoms with E-state index in [-0.39, 0.29) is 12.3 Å². The average Bonchev–Trinajstić information content (AvgIpc) is 3.22. The van der Waals surface area contributed by atoms with Crippen molar-refractivity contribution in [1.29, 1.82) is 0 Å². The number of hydrogen-bond acceptors (Lipinski definition) is 9. The van der Waals surface area contributed by atoms with Gasteiger partial charge in [0.1, 0.15) is 5.01 Å². The largest absolute Gasteiger partial charge is 0.493 e. The van der Waals surface area contributed by atoms with E-state index in [2.05, 4.69) is 15.5 Å². The highest BCUT2D eigenvalue weighted by atomic mass is 32.1. The highest BCUT2D eigenvalue weighted by Gasteiger charge is 2.17. The molecule has 3 N–H and O–H groups in total. The Hall–Kier alpha value is -2.92. The molecule has 1 heterocycles. The molecule has 2 rings (SSSR count). The summed E-state index contributed by atoms with van der Waals surface area (Å²) in [6.07, 6.45) is 3.62. The van der Waals surface area contributed by atoms with Gasteiger partial charge in [0.25, 0.3) is 0 Å². The van der Waals surface area contributed by atoms with Crippen LogP contribution in [0.15, 0.2) is 12.1 Å². The van der Waals surface area contributed by atoms with Gasteiger partial charge in [-0.15, -0.1) is 10.2 Å². The third kappa shape index (κ3) is 6.56. The van der Waals surface area contributed by atoms with Gasteiger partial charge < -0.3 is 19.5 Å². The van der Waals surface area contributed by atoms with Crippen LogP contribution in [-0.4, -0.2) is 48.5 Å². The Labute approximate surface area is 178 Å². The number of amides is 2. The molecule has 0 unspecified atom stereocenters. The lowest BCUT2D eigenvalue weighted by atomic mass is 10.1. The number of hydroxylamine groups is 1. The third-order valence-electron chi connectivity index (χ3n) is 4.27. The van der Waals surface area contributed by atoms with E-state index in [1.807, 2.05) is 0 Å². The predicted octanol–water partition coefficient (Wildman–Crippen LogP) is 3.02. The van der Waals surface area contributed by atoms with E-state index in [0.29, 0.717) is 46.7 Å². The predicted molar refractivity (Wildman–Crippen MR) is 111 cm³/mol. The Bertz CT molecular complexity index is 832. The summed E-state index contributed by atoms with van der Waals surface area (Å²) in [6.45, 7) is 0. The van der Waals surface area contributed by atoms with Crippen molar-refractivity contribution < 1.29 is 29.0 Å². The molecule has 10 nitrogen and oxygen atoms in total. The molecule has 1 aromatic carbocycles. The van der Waals surface area contributed by atoms with Crippen molar-refractivity contribution >= 4 is 28.3 Å². The summed E-state index contributed by atoms with van der Waals surface area (Å²) in [6, 6.07) is 3.54. The van der Waals surface area contributed by atoms with Gasteiger partial charge in [0, 0.05) is 18.4 Å². The molecule has 30 heavy (non-hydrogen) atoms. The molecule has 0 aliphatic rings. The van der Waals surface area contributed by atoms with Crippen molar-refractivity contribution in [1.82, 2.24) is 15.7 Å². The SMILES string of the molecule is COc1cc(-c2nnc(NC(=O)CCCCCCC(=O)NO)s2)cc(OC)c1OC. The minimum absolute atomic E-state index is 0.143. The van der Waals surface area contributed by atoms with Crippen LogP contribution in [0.4, 0.5) is 5.13 Å². The first-order valence-electron chi connectivity index (χ1n) is 9.39. The highest BCUT2D eigenvalue weighted by molar-refractivity contribution is 7.18. The summed E-state index contributed by atoms with van der Waals surface area (Å²) in [5.41, 5.74) is 2.33. The van der Waals surface area contributed by atoms with Crippen LogP contribution in [-0.2, 0) is 9.59 Å². The molecule has 2 aromatic rings. The number of carbonyl (C=O) groups is 2. The fraction of sp³-hybridized carbons (Fsp3) is 0.474. The van der Waals surface area contributed by atoms with Crippen LogP contribution in [0, 0.1) is 0 Å². The minimum Gasteiger partial charge on any atom is -0.493 e. The first kappa shape index (κ1) is 23.4. The van der Waals surface area contributed by atoms with E-state index in [0.717, 1.165) is 18.4 Å². The number of nitrogens with zero attached hydrogens (tertiary/aromatic N) is 2. The molecule has 0 radical (unpaired) electrons. The molecule has 0 aliphatic carbocycles. The van der Waals surface area contributed by atoms with Gasteiger partial charge in [0.15, 0.2) is 11.5 Å². The number of nitrogens with one attached hydrogen (secondary N) is 2. The molecule has 164 valence electrons. The fourth-order valence-electron chi connectivity index (χ4n) is 2.76. The van der Waals surface area contributed by atoms with Crippen LogP contribution in [0.1, 0.15) is 38.5 Å². The van der Waals surface area contributed by atoms with Crippen molar-refractivity contribution in [3.05, 3.63) is 12.1 Å². The zero-order valence-corrected chi connectivity index (χ0v) is 18.0. The highest BCUT2D eigenvalue weighted by Crippen LogP contribution is 2.42. The number of anilines is 1. The minimum atomic E-state index is -0.396. The molecule has 0 fully saturated rings. The molecule has 1 aromatic heterocycles. The lowest BCUT2D eigenvalue weighted by Gasteiger charge is -2.13. The van der Waals surface area contributed by atoms with E-state index in [4.69, 9.17) is 19.4 Å². The smallest absolute Gasteiger partial charge is 0.243 e. The zero-order chi connectivity index (χ0) is 21.9. The first-order chi connectivity index (χ1) is 14.5. The van der Waals surface area contributed by atoms with E-state index in [9.17, 15) is 9.59 Å². The Kier molecular flexibility index (Phi) is 9.29. The van der Waals surface area contributed by atoms with Crippen molar-refractivity contribution in [3.63, 3.8) is 0 Å². The lowest BCUT2D eigenvalue weighted by Crippen LogP contribution is -2.17. The maximum absolute atomic E-state index is 12.1. The van der Waals surface area contributed by atoms with Crippen LogP contribution in [0.3, 0.4) is 0 Å². The maximum Gasteiger partial charge on any atom is 0.243 e. The number of methoxy groups -OCH3 is 3. The molecule has 0 spiro atoms. The van der Waals surface area contributed by atoms with E-state index in [1.54, 1.807) is 17.6 Å². The van der Waals surface area contributed by atoms with Gasteiger partial charge in [0.05, 0.1) is 21.3 Å².